The van der Waals surface area contributed by atoms with E-state index in [0.29, 0.717) is 21.4 Å². The molecule has 0 saturated heterocycles. The van der Waals surface area contributed by atoms with E-state index in [1.807, 2.05) is 13.8 Å². The molecule has 0 aromatic heterocycles. The smallest absolute Gasteiger partial charge is 0.337 e. The molecular formula is C18H19ClN2O2S. The van der Waals surface area contributed by atoms with Gasteiger partial charge in [0, 0.05) is 0 Å². The SMILES string of the molecule is COC(=O)c1ccc(Cl)c(NC(=S)N[C@H](C)c2ccc(C)cc2)c1. The number of anilines is 1. The standard InChI is InChI=1S/C18H19ClN2O2S/c1-11-4-6-13(7-5-11)12(2)20-18(24)21-16-10-14(17(22)23-3)8-9-15(16)19/h4-10,12H,1-3H3,(H2,20,21,24)/t12-/m1/s1. The second kappa shape index (κ2) is 8.13. The van der Waals surface area contributed by atoms with Crippen molar-refractivity contribution in [1.29, 1.82) is 0 Å². The zero-order chi connectivity index (χ0) is 17.7. The molecule has 4 nitrogen and oxygen atoms in total. The van der Waals surface area contributed by atoms with Crippen LogP contribution in [0.25, 0.3) is 0 Å². The Labute approximate surface area is 152 Å². The predicted octanol–water partition coefficient (Wildman–Crippen LogP) is 4.48. The van der Waals surface area contributed by atoms with E-state index in [1.165, 1.54) is 12.7 Å². The maximum absolute atomic E-state index is 11.6. The third-order valence-corrected chi connectivity index (χ3v) is 4.11. The van der Waals surface area contributed by atoms with Crippen LogP contribution in [0.3, 0.4) is 0 Å². The lowest BCUT2D eigenvalue weighted by molar-refractivity contribution is 0.0601. The molecule has 0 saturated carbocycles. The molecule has 2 aromatic rings. The topological polar surface area (TPSA) is 50.4 Å². The summed E-state index contributed by atoms with van der Waals surface area (Å²) in [5.74, 6) is -0.429. The lowest BCUT2D eigenvalue weighted by atomic mass is 10.1. The van der Waals surface area contributed by atoms with E-state index in [2.05, 4.69) is 34.9 Å². The summed E-state index contributed by atoms with van der Waals surface area (Å²) < 4.78 is 4.71. The molecule has 24 heavy (non-hydrogen) atoms. The van der Waals surface area contributed by atoms with Gasteiger partial charge in [0.25, 0.3) is 0 Å². The van der Waals surface area contributed by atoms with Crippen LogP contribution in [0.5, 0.6) is 0 Å². The van der Waals surface area contributed by atoms with Gasteiger partial charge in [-0.1, -0.05) is 41.4 Å². The number of benzene rings is 2. The first-order valence-corrected chi connectivity index (χ1v) is 8.21. The highest BCUT2D eigenvalue weighted by molar-refractivity contribution is 7.80. The molecule has 6 heteroatoms. The first-order chi connectivity index (χ1) is 11.4. The summed E-state index contributed by atoms with van der Waals surface area (Å²) in [5, 5.41) is 7.11. The van der Waals surface area contributed by atoms with Gasteiger partial charge in [0.15, 0.2) is 5.11 Å². The largest absolute Gasteiger partial charge is 0.465 e. The Morgan fingerprint density at radius 3 is 2.50 bits per heavy atom. The second-order valence-electron chi connectivity index (χ2n) is 5.42. The van der Waals surface area contributed by atoms with Crippen molar-refractivity contribution < 1.29 is 9.53 Å². The van der Waals surface area contributed by atoms with Gasteiger partial charge in [-0.25, -0.2) is 4.79 Å². The molecule has 126 valence electrons. The number of hydrogen-bond donors (Lipinski definition) is 2. The van der Waals surface area contributed by atoms with Crippen LogP contribution in [0.15, 0.2) is 42.5 Å². The minimum Gasteiger partial charge on any atom is -0.465 e. The normalized spacial score (nSPS) is 11.5. The molecule has 0 fully saturated rings. The third-order valence-electron chi connectivity index (χ3n) is 3.56. The van der Waals surface area contributed by atoms with E-state index in [9.17, 15) is 4.79 Å². The fourth-order valence-corrected chi connectivity index (χ4v) is 2.61. The number of rotatable bonds is 4. The highest BCUT2D eigenvalue weighted by Crippen LogP contribution is 2.24. The molecule has 2 aromatic carbocycles. The van der Waals surface area contributed by atoms with Crippen LogP contribution < -0.4 is 10.6 Å². The van der Waals surface area contributed by atoms with Gasteiger partial charge in [0.05, 0.1) is 29.4 Å². The number of hydrogen-bond acceptors (Lipinski definition) is 3. The van der Waals surface area contributed by atoms with Crippen molar-refractivity contribution in [2.75, 3.05) is 12.4 Å². The Morgan fingerprint density at radius 1 is 1.21 bits per heavy atom. The number of halogens is 1. The number of methoxy groups -OCH3 is 1. The van der Waals surface area contributed by atoms with E-state index in [-0.39, 0.29) is 6.04 Å². The fourth-order valence-electron chi connectivity index (χ4n) is 2.16. The molecule has 0 bridgehead atoms. The number of nitrogens with one attached hydrogen (secondary N) is 2. The minimum absolute atomic E-state index is 0.0353. The van der Waals surface area contributed by atoms with Crippen LogP contribution in [-0.4, -0.2) is 18.2 Å². The van der Waals surface area contributed by atoms with Crippen molar-refractivity contribution in [3.8, 4) is 0 Å². The number of carbonyl (C=O) groups excluding carboxylic acids is 1. The molecule has 1 atom stereocenters. The van der Waals surface area contributed by atoms with Crippen LogP contribution in [0.1, 0.15) is 34.5 Å². The first-order valence-electron chi connectivity index (χ1n) is 7.42. The number of ether oxygens (including phenoxy) is 1. The molecule has 0 amide bonds. The average Bonchev–Trinajstić information content (AvgIpc) is 2.56. The van der Waals surface area contributed by atoms with E-state index >= 15 is 0 Å². The van der Waals surface area contributed by atoms with Crippen molar-refractivity contribution in [3.05, 3.63) is 64.2 Å². The summed E-state index contributed by atoms with van der Waals surface area (Å²) in [6.45, 7) is 4.06. The van der Waals surface area contributed by atoms with Gasteiger partial charge in [-0.2, -0.15) is 0 Å². The summed E-state index contributed by atoms with van der Waals surface area (Å²) in [5.41, 5.74) is 3.28. The van der Waals surface area contributed by atoms with E-state index in [1.54, 1.807) is 18.2 Å². The lowest BCUT2D eigenvalue weighted by Gasteiger charge is -2.18. The molecule has 2 rings (SSSR count). The lowest BCUT2D eigenvalue weighted by Crippen LogP contribution is -2.31. The van der Waals surface area contributed by atoms with Crippen LogP contribution in [0.4, 0.5) is 5.69 Å². The monoisotopic (exact) mass is 362 g/mol. The molecule has 0 aliphatic rings. The van der Waals surface area contributed by atoms with E-state index in [4.69, 9.17) is 28.6 Å². The highest BCUT2D eigenvalue weighted by Gasteiger charge is 2.11. The third kappa shape index (κ3) is 4.69. The maximum atomic E-state index is 11.6. The van der Waals surface area contributed by atoms with Crippen molar-refractivity contribution >= 4 is 40.6 Å². The van der Waals surface area contributed by atoms with Crippen LogP contribution in [-0.2, 0) is 4.74 Å². The minimum atomic E-state index is -0.429. The summed E-state index contributed by atoms with van der Waals surface area (Å²) in [6, 6.07) is 13.1. The first kappa shape index (κ1) is 18.2. The van der Waals surface area contributed by atoms with Gasteiger partial charge in [0.1, 0.15) is 0 Å². The van der Waals surface area contributed by atoms with Crippen molar-refractivity contribution in [1.82, 2.24) is 5.32 Å². The van der Waals surface area contributed by atoms with Gasteiger partial charge < -0.3 is 15.4 Å². The molecule has 2 N–H and O–H groups in total. The number of carbonyl (C=O) groups is 1. The molecule has 0 spiro atoms. The van der Waals surface area contributed by atoms with Crippen LogP contribution in [0.2, 0.25) is 5.02 Å². The Morgan fingerprint density at radius 2 is 1.88 bits per heavy atom. The Kier molecular flexibility index (Phi) is 6.17. The van der Waals surface area contributed by atoms with Gasteiger partial charge in [-0.05, 0) is 49.8 Å². The summed E-state index contributed by atoms with van der Waals surface area (Å²) >= 11 is 11.5. The summed E-state index contributed by atoms with van der Waals surface area (Å²) in [6.07, 6.45) is 0. The van der Waals surface area contributed by atoms with Crippen molar-refractivity contribution in [3.63, 3.8) is 0 Å². The van der Waals surface area contributed by atoms with Gasteiger partial charge in [-0.15, -0.1) is 0 Å². The van der Waals surface area contributed by atoms with Gasteiger partial charge >= 0.3 is 5.97 Å². The van der Waals surface area contributed by atoms with Gasteiger partial charge in [-0.3, -0.25) is 0 Å². The molecule has 0 aliphatic carbocycles. The number of thiocarbonyl (C=S) groups is 1. The summed E-state index contributed by atoms with van der Waals surface area (Å²) in [4.78, 5) is 11.6. The second-order valence-corrected chi connectivity index (χ2v) is 6.23. The average molecular weight is 363 g/mol. The van der Waals surface area contributed by atoms with Crippen molar-refractivity contribution in [2.45, 2.75) is 19.9 Å². The van der Waals surface area contributed by atoms with E-state index < -0.39 is 5.97 Å². The molecule has 0 heterocycles. The number of esters is 1. The Balaban J connectivity index is 2.06. The van der Waals surface area contributed by atoms with Crippen LogP contribution >= 0.6 is 23.8 Å². The quantitative estimate of drug-likeness (QED) is 0.620. The van der Waals surface area contributed by atoms with E-state index in [0.717, 1.165) is 5.56 Å². The maximum Gasteiger partial charge on any atom is 0.337 e. The zero-order valence-corrected chi connectivity index (χ0v) is 15.3. The molecule has 0 aliphatic heterocycles. The molecular weight excluding hydrogens is 344 g/mol. The predicted molar refractivity (Wildman–Crippen MR) is 102 cm³/mol. The molecule has 0 radical (unpaired) electrons. The zero-order valence-electron chi connectivity index (χ0n) is 13.7. The Bertz CT molecular complexity index is 747. The number of aryl methyl sites for hydroxylation is 1. The Hall–Kier alpha value is -2.11. The highest BCUT2D eigenvalue weighted by atomic mass is 35.5. The van der Waals surface area contributed by atoms with Crippen molar-refractivity contribution in [2.24, 2.45) is 0 Å². The summed E-state index contributed by atoms with van der Waals surface area (Å²) in [7, 11) is 1.33. The van der Waals surface area contributed by atoms with Crippen LogP contribution in [0, 0.1) is 6.92 Å². The fraction of sp³-hybridized carbons (Fsp3) is 0.222. The van der Waals surface area contributed by atoms with Gasteiger partial charge in [0.2, 0.25) is 0 Å². The molecule has 0 unspecified atom stereocenters.